The fourth-order valence-electron chi connectivity index (χ4n) is 14.5. The van der Waals surface area contributed by atoms with E-state index >= 15 is 0 Å². The van der Waals surface area contributed by atoms with E-state index in [0.717, 1.165) is 23.2 Å². The first-order valence-corrected chi connectivity index (χ1v) is 24.5. The van der Waals surface area contributed by atoms with Gasteiger partial charge in [0.15, 0.2) is 0 Å². The van der Waals surface area contributed by atoms with E-state index in [1.807, 2.05) is 0 Å². The molecule has 3 nitrogen and oxygen atoms in total. The van der Waals surface area contributed by atoms with E-state index in [0.29, 0.717) is 11.8 Å². The highest BCUT2D eigenvalue weighted by Crippen LogP contribution is 2.68. The fraction of sp³-hybridized carbons (Fsp3) is 0.156. The van der Waals surface area contributed by atoms with Crippen molar-refractivity contribution in [3.8, 4) is 33.6 Å². The van der Waals surface area contributed by atoms with Crippen LogP contribution in [0.1, 0.15) is 43.2 Å². The van der Waals surface area contributed by atoms with Crippen LogP contribution in [0.25, 0.3) is 77.2 Å². The maximum atomic E-state index is 2.65. The maximum Gasteiger partial charge on any atom is 0.0603 e. The third-order valence-corrected chi connectivity index (χ3v) is 16.9. The molecule has 3 heterocycles. The average molecular weight is 860 g/mol. The number of aromatic nitrogens is 2. The number of benzene rings is 9. The fourth-order valence-corrected chi connectivity index (χ4v) is 14.5. The van der Waals surface area contributed by atoms with E-state index in [4.69, 9.17) is 0 Å². The van der Waals surface area contributed by atoms with Gasteiger partial charge in [0, 0.05) is 44.0 Å². The van der Waals surface area contributed by atoms with Gasteiger partial charge in [-0.15, -0.1) is 0 Å². The number of para-hydroxylation sites is 4. The molecule has 4 saturated carbocycles. The van der Waals surface area contributed by atoms with Crippen LogP contribution in [0.5, 0.6) is 0 Å². The Bertz CT molecular complexity index is 3660. The van der Waals surface area contributed by atoms with E-state index in [1.54, 1.807) is 11.1 Å². The zero-order chi connectivity index (χ0) is 43.8. The third-order valence-electron chi connectivity index (χ3n) is 16.9. The number of rotatable bonds is 6. The Hall–Kier alpha value is -7.62. The molecule has 0 amide bonds. The van der Waals surface area contributed by atoms with Crippen LogP contribution < -0.4 is 4.90 Å². The predicted octanol–water partition coefficient (Wildman–Crippen LogP) is 16.7. The highest BCUT2D eigenvalue weighted by Gasteiger charge is 2.61. The summed E-state index contributed by atoms with van der Waals surface area (Å²) in [5.41, 5.74) is 19.2. The molecule has 0 N–H and O–H groups in total. The molecule has 67 heavy (non-hydrogen) atoms. The molecular weight excluding hydrogens is 811 g/mol. The number of hydrogen-bond donors (Lipinski definition) is 0. The minimum atomic E-state index is 0.0338. The summed E-state index contributed by atoms with van der Waals surface area (Å²) in [5, 5.41) is 5.23. The number of hydrogen-bond acceptors (Lipinski definition) is 1. The lowest BCUT2D eigenvalue weighted by atomic mass is 9.41. The molecule has 4 aliphatic carbocycles. The van der Waals surface area contributed by atoms with Crippen molar-refractivity contribution in [3.05, 3.63) is 223 Å². The Morgan fingerprint density at radius 2 is 0.851 bits per heavy atom. The van der Waals surface area contributed by atoms with Crippen molar-refractivity contribution in [2.24, 2.45) is 23.7 Å². The molecule has 1 aliphatic heterocycles. The first-order valence-electron chi connectivity index (χ1n) is 24.5. The highest BCUT2D eigenvalue weighted by molar-refractivity contribution is 6.18. The smallest absolute Gasteiger partial charge is 0.0603 e. The van der Waals surface area contributed by atoms with Crippen molar-refractivity contribution < 1.29 is 0 Å². The molecular formula is C64H49N3. The van der Waals surface area contributed by atoms with Gasteiger partial charge in [-0.3, -0.25) is 0 Å². The first-order chi connectivity index (χ1) is 33.2. The van der Waals surface area contributed by atoms with E-state index in [9.17, 15) is 0 Å². The van der Waals surface area contributed by atoms with Gasteiger partial charge in [-0.05, 0) is 156 Å². The van der Waals surface area contributed by atoms with Crippen LogP contribution in [0, 0.1) is 23.7 Å². The summed E-state index contributed by atoms with van der Waals surface area (Å²) in [6, 6.07) is 79.7. The summed E-state index contributed by atoms with van der Waals surface area (Å²) in [5.74, 6) is 3.13. The van der Waals surface area contributed by atoms with Crippen LogP contribution in [-0.4, -0.2) is 9.13 Å². The summed E-state index contributed by atoms with van der Waals surface area (Å²) >= 11 is 0. The van der Waals surface area contributed by atoms with Gasteiger partial charge < -0.3 is 14.0 Å². The zero-order valence-electron chi connectivity index (χ0n) is 37.4. The lowest BCUT2D eigenvalue weighted by Gasteiger charge is -2.63. The molecule has 0 saturated heterocycles. The molecule has 0 atom stereocenters. The van der Waals surface area contributed by atoms with E-state index in [1.165, 1.54) is 115 Å². The van der Waals surface area contributed by atoms with Crippen molar-refractivity contribution in [2.45, 2.75) is 37.5 Å². The average Bonchev–Trinajstić information content (AvgIpc) is 3.92. The van der Waals surface area contributed by atoms with Gasteiger partial charge in [0.2, 0.25) is 0 Å². The SMILES string of the molecule is c1ccc(-c2ccc(N(c3ccc(-c4ccc(-n5c6ccccc6c6ccccc65)cc4)cc3)c3ccc4c5c3c3ccccc3n5-c3ccccc3C43C4CC5CC(C4)CC3C5)cc2)cc1. The van der Waals surface area contributed by atoms with Gasteiger partial charge in [-0.2, -0.15) is 0 Å². The molecule has 0 unspecified atom stereocenters. The Labute approximate surface area is 391 Å². The molecule has 16 rings (SSSR count). The van der Waals surface area contributed by atoms with Gasteiger partial charge in [0.05, 0.1) is 33.4 Å². The molecule has 9 aromatic carbocycles. The topological polar surface area (TPSA) is 13.1 Å². The minimum Gasteiger partial charge on any atom is -0.310 e. The summed E-state index contributed by atoms with van der Waals surface area (Å²) in [6.45, 7) is 0. The first kappa shape index (κ1) is 37.6. The molecule has 3 heteroatoms. The van der Waals surface area contributed by atoms with Crippen LogP contribution in [0.2, 0.25) is 0 Å². The molecule has 2 aromatic heterocycles. The van der Waals surface area contributed by atoms with Gasteiger partial charge >= 0.3 is 0 Å². The largest absolute Gasteiger partial charge is 0.310 e. The standard InChI is InChI=1S/C64H49N3/c1-2-12-43(13-3-1)44-22-28-49(29-23-44)65(50-30-24-45(25-31-50)46-26-32-51(33-27-46)66-57-18-8-4-14-52(57)53-15-5-9-19-58(53)66)61-35-34-56-63-62(61)54-16-6-10-20-59(54)67(63)60-21-11-7-17-55(60)64(56)47-37-41-36-42(39-47)40-48(64)38-41/h1-35,41-42,47-48H,36-40H2. The molecule has 1 spiro atoms. The number of fused-ring (bicyclic) bond motifs is 8. The van der Waals surface area contributed by atoms with Crippen LogP contribution in [0.4, 0.5) is 17.1 Å². The number of nitrogens with zero attached hydrogens (tertiary/aromatic N) is 3. The van der Waals surface area contributed by atoms with Crippen molar-refractivity contribution >= 4 is 60.7 Å². The third kappa shape index (κ3) is 5.29. The molecule has 0 radical (unpaired) electrons. The lowest BCUT2D eigenvalue weighted by Crippen LogP contribution is -2.57. The number of anilines is 3. The van der Waals surface area contributed by atoms with Gasteiger partial charge in [0.1, 0.15) is 0 Å². The molecule has 4 fully saturated rings. The Morgan fingerprint density at radius 3 is 1.45 bits per heavy atom. The van der Waals surface area contributed by atoms with Crippen LogP contribution in [0.3, 0.4) is 0 Å². The molecule has 4 bridgehead atoms. The van der Waals surface area contributed by atoms with E-state index in [-0.39, 0.29) is 5.41 Å². The normalized spacial score (nSPS) is 21.2. The predicted molar refractivity (Wildman–Crippen MR) is 278 cm³/mol. The summed E-state index contributed by atoms with van der Waals surface area (Å²) < 4.78 is 5.04. The Balaban J connectivity index is 0.902. The van der Waals surface area contributed by atoms with Crippen LogP contribution in [0.15, 0.2) is 212 Å². The second-order valence-electron chi connectivity index (χ2n) is 20.1. The van der Waals surface area contributed by atoms with E-state index < -0.39 is 0 Å². The summed E-state index contributed by atoms with van der Waals surface area (Å²) in [4.78, 5) is 2.53. The minimum absolute atomic E-state index is 0.0338. The Kier molecular flexibility index (Phi) is 7.96. The Morgan fingerprint density at radius 1 is 0.373 bits per heavy atom. The summed E-state index contributed by atoms with van der Waals surface area (Å²) in [7, 11) is 0. The maximum absolute atomic E-state index is 2.65. The van der Waals surface area contributed by atoms with Crippen molar-refractivity contribution in [1.29, 1.82) is 0 Å². The molecule has 320 valence electrons. The van der Waals surface area contributed by atoms with Crippen LogP contribution in [-0.2, 0) is 5.41 Å². The van der Waals surface area contributed by atoms with Crippen LogP contribution >= 0.6 is 0 Å². The van der Waals surface area contributed by atoms with Crippen molar-refractivity contribution in [2.75, 3.05) is 4.90 Å². The zero-order valence-corrected chi connectivity index (χ0v) is 37.4. The second kappa shape index (κ2) is 14.2. The summed E-state index contributed by atoms with van der Waals surface area (Å²) in [6.07, 6.45) is 6.89. The second-order valence-corrected chi connectivity index (χ2v) is 20.1. The lowest BCUT2D eigenvalue weighted by molar-refractivity contribution is -0.0418. The van der Waals surface area contributed by atoms with E-state index in [2.05, 4.69) is 226 Å². The molecule has 11 aromatic rings. The highest BCUT2D eigenvalue weighted by atomic mass is 15.1. The van der Waals surface area contributed by atoms with Gasteiger partial charge in [-0.25, -0.2) is 0 Å². The van der Waals surface area contributed by atoms with Crippen molar-refractivity contribution in [3.63, 3.8) is 0 Å². The van der Waals surface area contributed by atoms with Gasteiger partial charge in [-0.1, -0.05) is 146 Å². The van der Waals surface area contributed by atoms with Crippen molar-refractivity contribution in [1.82, 2.24) is 9.13 Å². The quantitative estimate of drug-likeness (QED) is 0.162. The monoisotopic (exact) mass is 859 g/mol. The van der Waals surface area contributed by atoms with Gasteiger partial charge in [0.25, 0.3) is 0 Å². The molecule has 5 aliphatic rings.